The maximum absolute atomic E-state index is 14.6. The van der Waals surface area contributed by atoms with E-state index < -0.39 is 22.6 Å². The molecule has 4 rings (SSSR count). The maximum atomic E-state index is 14.6. The normalized spacial score (nSPS) is 28.0. The van der Waals surface area contributed by atoms with Gasteiger partial charge in [0.2, 0.25) is 17.7 Å². The number of aliphatic hydroxyl groups excluding tert-OH is 1. The molecule has 1 aromatic carbocycles. The van der Waals surface area contributed by atoms with Gasteiger partial charge in [-0.1, -0.05) is 62.2 Å². The van der Waals surface area contributed by atoms with Crippen molar-refractivity contribution < 1.29 is 19.5 Å². The first-order valence-electron chi connectivity index (χ1n) is 15.2. The second-order valence-corrected chi connectivity index (χ2v) is 13.9. The third kappa shape index (κ3) is 6.00. The van der Waals surface area contributed by atoms with E-state index in [1.54, 1.807) is 23.9 Å². The fourth-order valence-corrected chi connectivity index (χ4v) is 9.69. The van der Waals surface area contributed by atoms with Gasteiger partial charge in [-0.3, -0.25) is 14.4 Å². The molecule has 1 N–H and O–H groups in total. The number of aliphatic hydroxyl groups is 1. The number of carbonyl (C=O) groups excluding carboxylic acids is 3. The molecule has 3 amide bonds. The molecule has 2 unspecified atom stereocenters. The summed E-state index contributed by atoms with van der Waals surface area (Å²) < 4.78 is -1.02. The van der Waals surface area contributed by atoms with E-state index in [1.807, 2.05) is 45.0 Å². The minimum atomic E-state index is -0.628. The lowest BCUT2D eigenvalue weighted by Crippen LogP contribution is -2.55. The molecule has 7 nitrogen and oxygen atoms in total. The standard InChI is InChI=1S/C33H47N3O4S/c1-5-19-34(20-6-2)29(38)26-27-30(39)36(22-13-8-9-14-23-37)28(33(27)18-17-32(26,4)41-33)31(40)35(21-7-3)24-25-15-11-10-12-16-25/h5,7,10-12,15-16,26-28,37H,1,3,6,8-9,13-14,17-24H2,2,4H3/t26-,27-,28?,32+,33?/m0/s1. The highest BCUT2D eigenvalue weighted by molar-refractivity contribution is 8.02. The van der Waals surface area contributed by atoms with Gasteiger partial charge in [0.1, 0.15) is 6.04 Å². The zero-order chi connectivity index (χ0) is 29.6. The first kappa shape index (κ1) is 31.4. The maximum Gasteiger partial charge on any atom is 0.247 e. The van der Waals surface area contributed by atoms with Crippen molar-refractivity contribution in [3.8, 4) is 0 Å². The summed E-state index contributed by atoms with van der Waals surface area (Å²) in [5.41, 5.74) is 1.03. The Balaban J connectivity index is 1.71. The molecule has 3 heterocycles. The number of rotatable bonds is 16. The molecule has 1 spiro atoms. The lowest BCUT2D eigenvalue weighted by atomic mass is 9.66. The molecule has 5 atom stereocenters. The van der Waals surface area contributed by atoms with Crippen molar-refractivity contribution in [1.82, 2.24) is 14.7 Å². The second kappa shape index (κ2) is 13.6. The molecule has 8 heteroatoms. The zero-order valence-electron chi connectivity index (χ0n) is 24.8. The molecule has 0 aliphatic carbocycles. The minimum absolute atomic E-state index is 0.0184. The molecule has 41 heavy (non-hydrogen) atoms. The van der Waals surface area contributed by atoms with Crippen LogP contribution in [-0.4, -0.2) is 85.8 Å². The number of hydrogen-bond donors (Lipinski definition) is 1. The monoisotopic (exact) mass is 581 g/mol. The molecule has 3 aliphatic heterocycles. The number of fused-ring (bicyclic) bond motifs is 1. The van der Waals surface area contributed by atoms with Crippen molar-refractivity contribution >= 4 is 29.5 Å². The Kier molecular flexibility index (Phi) is 10.4. The lowest BCUT2D eigenvalue weighted by molar-refractivity contribution is -0.145. The van der Waals surface area contributed by atoms with Gasteiger partial charge in [0, 0.05) is 44.1 Å². The van der Waals surface area contributed by atoms with Crippen LogP contribution in [-0.2, 0) is 20.9 Å². The quantitative estimate of drug-likeness (QED) is 0.227. The molecule has 1 aromatic rings. The van der Waals surface area contributed by atoms with Crippen LogP contribution in [0.15, 0.2) is 55.6 Å². The number of benzene rings is 1. The highest BCUT2D eigenvalue weighted by atomic mass is 32.2. The Morgan fingerprint density at radius 2 is 1.73 bits per heavy atom. The zero-order valence-corrected chi connectivity index (χ0v) is 25.6. The smallest absolute Gasteiger partial charge is 0.247 e. The van der Waals surface area contributed by atoms with E-state index >= 15 is 0 Å². The van der Waals surface area contributed by atoms with Crippen LogP contribution in [0.2, 0.25) is 0 Å². The molecular weight excluding hydrogens is 534 g/mol. The highest BCUT2D eigenvalue weighted by Gasteiger charge is 2.77. The van der Waals surface area contributed by atoms with Gasteiger partial charge < -0.3 is 19.8 Å². The van der Waals surface area contributed by atoms with E-state index in [2.05, 4.69) is 27.0 Å². The molecule has 3 fully saturated rings. The SMILES string of the molecule is C=CCN(Cc1ccccc1)C(=O)C1N(CCCCCCO)C(=O)[C@@H]2[C@@H](C(=O)N(CC=C)CCC)[C@@]3(C)CCC12S3. The summed E-state index contributed by atoms with van der Waals surface area (Å²) in [4.78, 5) is 48.7. The van der Waals surface area contributed by atoms with E-state index in [-0.39, 0.29) is 29.1 Å². The molecule has 3 saturated heterocycles. The van der Waals surface area contributed by atoms with Gasteiger partial charge in [-0.05, 0) is 44.6 Å². The third-order valence-corrected chi connectivity index (χ3v) is 11.1. The Morgan fingerprint density at radius 1 is 1.05 bits per heavy atom. The van der Waals surface area contributed by atoms with E-state index in [9.17, 15) is 19.5 Å². The number of nitrogens with zero attached hydrogens (tertiary/aromatic N) is 3. The summed E-state index contributed by atoms with van der Waals surface area (Å²) in [6.07, 6.45) is 9.13. The number of hydrogen-bond acceptors (Lipinski definition) is 5. The van der Waals surface area contributed by atoms with Crippen molar-refractivity contribution in [2.75, 3.05) is 32.8 Å². The molecule has 2 bridgehead atoms. The van der Waals surface area contributed by atoms with Crippen molar-refractivity contribution in [1.29, 1.82) is 0 Å². The number of likely N-dealkylation sites (tertiary alicyclic amines) is 1. The first-order chi connectivity index (χ1) is 19.8. The Hall–Kier alpha value is -2.58. The van der Waals surface area contributed by atoms with Gasteiger partial charge in [0.15, 0.2) is 0 Å². The molecular formula is C33H47N3O4S. The van der Waals surface area contributed by atoms with Crippen LogP contribution >= 0.6 is 11.8 Å². The summed E-state index contributed by atoms with van der Waals surface area (Å²) in [6, 6.07) is 9.30. The minimum Gasteiger partial charge on any atom is -0.396 e. The number of carbonyl (C=O) groups is 3. The van der Waals surface area contributed by atoms with Crippen molar-refractivity contribution in [3.63, 3.8) is 0 Å². The molecule has 3 aliphatic rings. The van der Waals surface area contributed by atoms with Crippen molar-refractivity contribution in [3.05, 3.63) is 61.2 Å². The van der Waals surface area contributed by atoms with Crippen LogP contribution in [0.4, 0.5) is 0 Å². The first-order valence-corrected chi connectivity index (χ1v) is 16.0. The summed E-state index contributed by atoms with van der Waals surface area (Å²) in [7, 11) is 0. The fourth-order valence-electron chi connectivity index (χ4n) is 7.35. The van der Waals surface area contributed by atoms with Crippen LogP contribution in [0, 0.1) is 11.8 Å². The van der Waals surface area contributed by atoms with E-state index in [4.69, 9.17) is 0 Å². The molecule has 224 valence electrons. The summed E-state index contributed by atoms with van der Waals surface area (Å²) in [6.45, 7) is 14.5. The van der Waals surface area contributed by atoms with Gasteiger partial charge >= 0.3 is 0 Å². The van der Waals surface area contributed by atoms with Gasteiger partial charge in [-0.15, -0.1) is 24.9 Å². The summed E-state index contributed by atoms with van der Waals surface area (Å²) in [5, 5.41) is 9.21. The van der Waals surface area contributed by atoms with E-state index in [1.165, 1.54) is 0 Å². The number of unbranched alkanes of at least 4 members (excludes halogenated alkanes) is 3. The van der Waals surface area contributed by atoms with Gasteiger partial charge in [0.05, 0.1) is 16.6 Å². The average molecular weight is 582 g/mol. The Labute approximate surface area is 250 Å². The van der Waals surface area contributed by atoms with Gasteiger partial charge in [-0.25, -0.2) is 0 Å². The summed E-state index contributed by atoms with van der Waals surface area (Å²) >= 11 is 1.73. The Morgan fingerprint density at radius 3 is 2.39 bits per heavy atom. The predicted octanol–water partition coefficient (Wildman–Crippen LogP) is 4.66. The van der Waals surface area contributed by atoms with Crippen LogP contribution in [0.5, 0.6) is 0 Å². The highest BCUT2D eigenvalue weighted by Crippen LogP contribution is 2.71. The van der Waals surface area contributed by atoms with Crippen LogP contribution in [0.3, 0.4) is 0 Å². The molecule has 0 aromatic heterocycles. The molecule has 0 saturated carbocycles. The molecule has 0 radical (unpaired) electrons. The second-order valence-electron chi connectivity index (χ2n) is 12.0. The largest absolute Gasteiger partial charge is 0.396 e. The average Bonchev–Trinajstić information content (AvgIpc) is 3.53. The van der Waals surface area contributed by atoms with E-state index in [0.29, 0.717) is 32.7 Å². The van der Waals surface area contributed by atoms with E-state index in [0.717, 1.165) is 50.5 Å². The Bertz CT molecular complexity index is 1110. The fraction of sp³-hybridized carbons (Fsp3) is 0.606. The predicted molar refractivity (Wildman–Crippen MR) is 165 cm³/mol. The van der Waals surface area contributed by atoms with Gasteiger partial charge in [-0.2, -0.15) is 0 Å². The van der Waals surface area contributed by atoms with Crippen LogP contribution < -0.4 is 0 Å². The van der Waals surface area contributed by atoms with Crippen molar-refractivity contribution in [2.45, 2.75) is 80.9 Å². The van der Waals surface area contributed by atoms with Gasteiger partial charge in [0.25, 0.3) is 0 Å². The number of thioether (sulfide) groups is 1. The topological polar surface area (TPSA) is 81.2 Å². The number of amides is 3. The van der Waals surface area contributed by atoms with Crippen molar-refractivity contribution in [2.24, 2.45) is 11.8 Å². The third-order valence-electron chi connectivity index (χ3n) is 9.12. The van der Waals surface area contributed by atoms with Crippen LogP contribution in [0.1, 0.15) is 64.4 Å². The summed E-state index contributed by atoms with van der Waals surface area (Å²) in [5.74, 6) is -1.06. The lowest BCUT2D eigenvalue weighted by Gasteiger charge is -2.38. The van der Waals surface area contributed by atoms with Crippen LogP contribution in [0.25, 0.3) is 0 Å².